The summed E-state index contributed by atoms with van der Waals surface area (Å²) in [6.07, 6.45) is 6.55. The summed E-state index contributed by atoms with van der Waals surface area (Å²) in [5.41, 5.74) is 3.75. The minimum Gasteiger partial charge on any atom is -0.396 e. The molecule has 1 aromatic carbocycles. The highest BCUT2D eigenvalue weighted by Gasteiger charge is 2.22. The number of fused-ring (bicyclic) bond motifs is 1. The smallest absolute Gasteiger partial charge is 0.252 e. The first-order chi connectivity index (χ1) is 15.1. The maximum atomic E-state index is 12.8. The third-order valence-corrected chi connectivity index (χ3v) is 6.39. The number of rotatable bonds is 8. The van der Waals surface area contributed by atoms with Gasteiger partial charge in [0, 0.05) is 30.6 Å². The molecule has 0 amide bonds. The molecule has 4 rings (SSSR count). The number of hydrogen-bond acceptors (Lipinski definition) is 6. The van der Waals surface area contributed by atoms with Gasteiger partial charge < -0.3 is 10.1 Å². The number of aryl methyl sites for hydroxylation is 2. The normalized spacial score (nSPS) is 15.2. The van der Waals surface area contributed by atoms with Crippen molar-refractivity contribution in [3.8, 4) is 0 Å². The molecule has 0 bridgehead atoms. The topological polar surface area (TPSA) is 99.9 Å². The van der Waals surface area contributed by atoms with Crippen molar-refractivity contribution in [3.63, 3.8) is 0 Å². The zero-order valence-electron chi connectivity index (χ0n) is 18.5. The first kappa shape index (κ1) is 21.6. The third-order valence-electron chi connectivity index (χ3n) is 6.39. The van der Waals surface area contributed by atoms with Gasteiger partial charge in [-0.05, 0) is 60.7 Å². The molecule has 0 spiro atoms. The van der Waals surface area contributed by atoms with E-state index in [1.54, 1.807) is 0 Å². The third kappa shape index (κ3) is 4.85. The number of pyridine rings is 1. The summed E-state index contributed by atoms with van der Waals surface area (Å²) in [4.78, 5) is 18.1. The lowest BCUT2D eigenvalue weighted by Gasteiger charge is -2.25. The molecule has 0 aliphatic heterocycles. The summed E-state index contributed by atoms with van der Waals surface area (Å²) >= 11 is 0. The molecule has 0 saturated heterocycles. The monoisotopic (exact) mass is 424 g/mol. The largest absolute Gasteiger partial charge is 0.396 e. The SMILES string of the molecule is Cc1ccc(C)c2[nH]c(=O)c(CN(CCCO)Cc3nnnn3C3CCCCC3)cc12. The number of benzene rings is 1. The van der Waals surface area contributed by atoms with Crippen LogP contribution in [0.15, 0.2) is 23.0 Å². The fourth-order valence-electron chi connectivity index (χ4n) is 4.61. The van der Waals surface area contributed by atoms with E-state index in [-0.39, 0.29) is 12.2 Å². The van der Waals surface area contributed by atoms with E-state index in [0.29, 0.717) is 32.1 Å². The Kier molecular flexibility index (Phi) is 6.77. The standard InChI is InChI=1S/C23H32N6O2/c1-16-9-10-17(2)22-20(16)13-18(23(31)24-22)14-28(11-6-12-30)15-21-25-26-27-29(21)19-7-4-3-5-8-19/h9-10,13,19,30H,3-8,11-12,14-15H2,1-2H3,(H,24,31). The Labute approximate surface area is 182 Å². The van der Waals surface area contributed by atoms with Crippen molar-refractivity contribution in [1.29, 1.82) is 0 Å². The van der Waals surface area contributed by atoms with E-state index in [1.165, 1.54) is 19.3 Å². The van der Waals surface area contributed by atoms with Crippen LogP contribution < -0.4 is 5.56 Å². The first-order valence-electron chi connectivity index (χ1n) is 11.3. The zero-order chi connectivity index (χ0) is 21.8. The number of H-pyrrole nitrogens is 1. The van der Waals surface area contributed by atoms with Gasteiger partial charge in [0.1, 0.15) is 0 Å². The molecule has 0 radical (unpaired) electrons. The number of aromatic amines is 1. The number of tetrazole rings is 1. The summed E-state index contributed by atoms with van der Waals surface area (Å²) in [6, 6.07) is 6.48. The molecule has 31 heavy (non-hydrogen) atoms. The average Bonchev–Trinajstić information content (AvgIpc) is 3.24. The van der Waals surface area contributed by atoms with Crippen molar-refractivity contribution in [2.75, 3.05) is 13.2 Å². The van der Waals surface area contributed by atoms with Crippen molar-refractivity contribution in [2.24, 2.45) is 0 Å². The lowest BCUT2D eigenvalue weighted by atomic mass is 9.95. The van der Waals surface area contributed by atoms with Crippen LogP contribution in [0.2, 0.25) is 0 Å². The molecule has 1 fully saturated rings. The van der Waals surface area contributed by atoms with Crippen LogP contribution in [0.5, 0.6) is 0 Å². The maximum absolute atomic E-state index is 12.8. The molecule has 8 nitrogen and oxygen atoms in total. The van der Waals surface area contributed by atoms with Gasteiger partial charge in [0.25, 0.3) is 5.56 Å². The molecule has 0 atom stereocenters. The van der Waals surface area contributed by atoms with E-state index < -0.39 is 0 Å². The van der Waals surface area contributed by atoms with Gasteiger partial charge in [-0.25, -0.2) is 4.68 Å². The van der Waals surface area contributed by atoms with Crippen LogP contribution in [0, 0.1) is 13.8 Å². The molecular weight excluding hydrogens is 392 g/mol. The fourth-order valence-corrected chi connectivity index (χ4v) is 4.61. The molecular formula is C23H32N6O2. The summed E-state index contributed by atoms with van der Waals surface area (Å²) in [5.74, 6) is 0.828. The molecule has 0 unspecified atom stereocenters. The van der Waals surface area contributed by atoms with Gasteiger partial charge in [-0.15, -0.1) is 5.10 Å². The lowest BCUT2D eigenvalue weighted by Crippen LogP contribution is -2.30. The number of aromatic nitrogens is 5. The van der Waals surface area contributed by atoms with Crippen LogP contribution in [-0.4, -0.2) is 48.3 Å². The quantitative estimate of drug-likeness (QED) is 0.577. The van der Waals surface area contributed by atoms with Crippen molar-refractivity contribution in [3.05, 3.63) is 51.1 Å². The zero-order valence-corrected chi connectivity index (χ0v) is 18.5. The van der Waals surface area contributed by atoms with Crippen LogP contribution in [0.25, 0.3) is 10.9 Å². The van der Waals surface area contributed by atoms with Crippen molar-refractivity contribution in [1.82, 2.24) is 30.1 Å². The Morgan fingerprint density at radius 1 is 1.16 bits per heavy atom. The minimum atomic E-state index is -0.0675. The van der Waals surface area contributed by atoms with Gasteiger partial charge in [0.05, 0.1) is 18.1 Å². The van der Waals surface area contributed by atoms with E-state index in [2.05, 4.69) is 38.4 Å². The molecule has 3 aromatic rings. The van der Waals surface area contributed by atoms with Crippen LogP contribution in [0.4, 0.5) is 0 Å². The predicted octanol–water partition coefficient (Wildman–Crippen LogP) is 3.02. The minimum absolute atomic E-state index is 0.0675. The Bertz CT molecular complexity index is 1080. The Balaban J connectivity index is 1.60. The second kappa shape index (κ2) is 9.70. The summed E-state index contributed by atoms with van der Waals surface area (Å²) in [5, 5.41) is 23.0. The molecule has 1 saturated carbocycles. The van der Waals surface area contributed by atoms with Gasteiger partial charge >= 0.3 is 0 Å². The van der Waals surface area contributed by atoms with Crippen LogP contribution >= 0.6 is 0 Å². The maximum Gasteiger partial charge on any atom is 0.252 e. The number of aliphatic hydroxyl groups excluding tert-OH is 1. The summed E-state index contributed by atoms with van der Waals surface area (Å²) in [6.45, 7) is 5.88. The molecule has 2 heterocycles. The molecule has 2 aromatic heterocycles. The highest BCUT2D eigenvalue weighted by molar-refractivity contribution is 5.85. The van der Waals surface area contributed by atoms with E-state index in [0.717, 1.165) is 46.3 Å². The van der Waals surface area contributed by atoms with Crippen molar-refractivity contribution in [2.45, 2.75) is 71.5 Å². The van der Waals surface area contributed by atoms with Gasteiger partial charge in [-0.1, -0.05) is 31.4 Å². The summed E-state index contributed by atoms with van der Waals surface area (Å²) in [7, 11) is 0. The van der Waals surface area contributed by atoms with Gasteiger partial charge in [0.2, 0.25) is 0 Å². The van der Waals surface area contributed by atoms with Crippen LogP contribution in [0.3, 0.4) is 0 Å². The van der Waals surface area contributed by atoms with Crippen LogP contribution in [0.1, 0.15) is 67.1 Å². The first-order valence-corrected chi connectivity index (χ1v) is 11.3. The number of nitrogens with zero attached hydrogens (tertiary/aromatic N) is 5. The molecule has 1 aliphatic rings. The van der Waals surface area contributed by atoms with E-state index in [9.17, 15) is 9.90 Å². The van der Waals surface area contributed by atoms with E-state index in [1.807, 2.05) is 23.7 Å². The van der Waals surface area contributed by atoms with Gasteiger partial charge in [-0.2, -0.15) is 0 Å². The molecule has 8 heteroatoms. The Morgan fingerprint density at radius 2 is 1.94 bits per heavy atom. The van der Waals surface area contributed by atoms with E-state index in [4.69, 9.17) is 0 Å². The molecule has 2 N–H and O–H groups in total. The number of hydrogen-bond donors (Lipinski definition) is 2. The van der Waals surface area contributed by atoms with Gasteiger partial charge in [0.15, 0.2) is 5.82 Å². The van der Waals surface area contributed by atoms with E-state index >= 15 is 0 Å². The van der Waals surface area contributed by atoms with Gasteiger partial charge in [-0.3, -0.25) is 9.69 Å². The predicted molar refractivity (Wildman–Crippen MR) is 120 cm³/mol. The number of nitrogens with one attached hydrogen (secondary N) is 1. The van der Waals surface area contributed by atoms with Crippen molar-refractivity contribution >= 4 is 10.9 Å². The average molecular weight is 425 g/mol. The summed E-state index contributed by atoms with van der Waals surface area (Å²) < 4.78 is 1.98. The lowest BCUT2D eigenvalue weighted by molar-refractivity contribution is 0.201. The highest BCUT2D eigenvalue weighted by atomic mass is 16.3. The second-order valence-electron chi connectivity index (χ2n) is 8.73. The molecule has 1 aliphatic carbocycles. The molecule has 166 valence electrons. The number of aliphatic hydroxyl groups is 1. The Morgan fingerprint density at radius 3 is 2.71 bits per heavy atom. The fraction of sp³-hybridized carbons (Fsp3) is 0.565. The van der Waals surface area contributed by atoms with Crippen molar-refractivity contribution < 1.29 is 5.11 Å². The Hall–Kier alpha value is -2.58. The second-order valence-corrected chi connectivity index (χ2v) is 8.73. The van der Waals surface area contributed by atoms with Crippen LogP contribution in [-0.2, 0) is 13.1 Å². The highest BCUT2D eigenvalue weighted by Crippen LogP contribution is 2.28.